The number of rotatable bonds is 2. The molecule has 2 heteroatoms. The fourth-order valence-electron chi connectivity index (χ4n) is 5.93. The highest BCUT2D eigenvalue weighted by molar-refractivity contribution is 5.45. The number of nitrogens with zero attached hydrogens (tertiary/aromatic N) is 1. The van der Waals surface area contributed by atoms with E-state index in [2.05, 4.69) is 30.1 Å². The Labute approximate surface area is 140 Å². The van der Waals surface area contributed by atoms with E-state index in [0.29, 0.717) is 11.5 Å². The number of hydrogen-bond donors (Lipinski definition) is 0. The summed E-state index contributed by atoms with van der Waals surface area (Å²) in [5.41, 5.74) is 3.74. The van der Waals surface area contributed by atoms with Crippen LogP contribution in [0.5, 0.6) is 5.75 Å². The molecule has 2 nitrogen and oxygen atoms in total. The minimum absolute atomic E-state index is 0.460. The lowest BCUT2D eigenvalue weighted by atomic mass is 9.52. The van der Waals surface area contributed by atoms with Crippen LogP contribution in [0.25, 0.3) is 0 Å². The van der Waals surface area contributed by atoms with Crippen molar-refractivity contribution < 1.29 is 4.74 Å². The molecule has 1 heterocycles. The van der Waals surface area contributed by atoms with E-state index in [1.807, 2.05) is 0 Å². The Kier molecular flexibility index (Phi) is 3.27. The fraction of sp³-hybridized carbons (Fsp3) is 0.714. The molecule has 2 saturated carbocycles. The Balaban J connectivity index is 1.56. The highest BCUT2D eigenvalue weighted by Gasteiger charge is 2.53. The van der Waals surface area contributed by atoms with Gasteiger partial charge in [0, 0.05) is 11.5 Å². The van der Waals surface area contributed by atoms with Gasteiger partial charge in [-0.05, 0) is 87.7 Å². The molecular formula is C21H29NO. The van der Waals surface area contributed by atoms with Gasteiger partial charge in [-0.2, -0.15) is 0 Å². The largest absolute Gasteiger partial charge is 0.490 e. The summed E-state index contributed by atoms with van der Waals surface area (Å²) in [6.45, 7) is 1.27. The molecule has 1 aliphatic heterocycles. The molecule has 0 aromatic heterocycles. The summed E-state index contributed by atoms with van der Waals surface area (Å²) >= 11 is 0. The van der Waals surface area contributed by atoms with E-state index in [4.69, 9.17) is 4.74 Å². The van der Waals surface area contributed by atoms with Gasteiger partial charge in [-0.15, -0.1) is 0 Å². The van der Waals surface area contributed by atoms with E-state index in [0.717, 1.165) is 17.7 Å². The van der Waals surface area contributed by atoms with E-state index in [1.54, 1.807) is 11.1 Å². The summed E-state index contributed by atoms with van der Waals surface area (Å²) in [4.78, 5) is 2.65. The zero-order chi connectivity index (χ0) is 15.4. The Hall–Kier alpha value is -1.02. The number of likely N-dealkylation sites (tertiary alicyclic amines) is 1. The van der Waals surface area contributed by atoms with Crippen LogP contribution < -0.4 is 4.74 Å². The number of hydrogen-bond acceptors (Lipinski definition) is 2. The summed E-state index contributed by atoms with van der Waals surface area (Å²) < 4.78 is 6.24. The van der Waals surface area contributed by atoms with Gasteiger partial charge >= 0.3 is 0 Å². The summed E-state index contributed by atoms with van der Waals surface area (Å²) in [5.74, 6) is 2.02. The molecule has 1 aromatic rings. The van der Waals surface area contributed by atoms with Gasteiger partial charge in [0.2, 0.25) is 0 Å². The predicted octanol–water partition coefficient (Wildman–Crippen LogP) is 4.31. The molecule has 0 spiro atoms. The summed E-state index contributed by atoms with van der Waals surface area (Å²) in [6, 6.07) is 7.86. The van der Waals surface area contributed by atoms with Crippen molar-refractivity contribution in [2.24, 2.45) is 5.92 Å². The van der Waals surface area contributed by atoms with Crippen LogP contribution in [0.2, 0.25) is 0 Å². The second-order valence-corrected chi connectivity index (χ2v) is 8.50. The minimum atomic E-state index is 0.460. The molecule has 1 saturated heterocycles. The molecule has 3 atom stereocenters. The summed E-state index contributed by atoms with van der Waals surface area (Å²) in [5, 5.41) is 0. The van der Waals surface area contributed by atoms with E-state index >= 15 is 0 Å². The Bertz CT molecular complexity index is 608. The predicted molar refractivity (Wildman–Crippen MR) is 93.1 cm³/mol. The van der Waals surface area contributed by atoms with Gasteiger partial charge in [0.15, 0.2) is 0 Å². The Morgan fingerprint density at radius 3 is 2.83 bits per heavy atom. The third-order valence-corrected chi connectivity index (χ3v) is 7.44. The van der Waals surface area contributed by atoms with Crippen molar-refractivity contribution in [3.8, 4) is 5.75 Å². The second-order valence-electron chi connectivity index (χ2n) is 8.50. The average Bonchev–Trinajstić information content (AvgIpc) is 2.54. The van der Waals surface area contributed by atoms with Gasteiger partial charge < -0.3 is 9.64 Å². The smallest absolute Gasteiger partial charge is 0.120 e. The number of piperidine rings is 1. The lowest BCUT2D eigenvalue weighted by Crippen LogP contribution is -2.59. The van der Waals surface area contributed by atoms with Crippen LogP contribution in [0.3, 0.4) is 0 Å². The topological polar surface area (TPSA) is 12.5 Å². The molecule has 0 N–H and O–H groups in total. The molecule has 4 aliphatic rings. The van der Waals surface area contributed by atoms with Crippen LogP contribution in [0.1, 0.15) is 62.5 Å². The molecule has 23 heavy (non-hydrogen) atoms. The zero-order valence-electron chi connectivity index (χ0n) is 14.4. The van der Waals surface area contributed by atoms with Crippen molar-refractivity contribution in [2.75, 3.05) is 13.6 Å². The van der Waals surface area contributed by atoms with Crippen LogP contribution in [-0.2, 0) is 11.8 Å². The van der Waals surface area contributed by atoms with Gasteiger partial charge in [-0.1, -0.05) is 18.9 Å². The number of likely N-dealkylation sites (N-methyl/N-ethyl adjacent to an activating group) is 1. The highest BCUT2D eigenvalue weighted by atomic mass is 16.5. The standard InChI is InChI=1S/C21H29NO/c1-22-12-11-21-10-3-2-7-18(21)20(22)13-15-8-9-17(14-19(15)21)23-16-5-4-6-16/h8-9,14,16,18,20H,2-7,10-13H2,1H3/t18-,20+,21+/m1/s1. The van der Waals surface area contributed by atoms with E-state index in [-0.39, 0.29) is 0 Å². The van der Waals surface area contributed by atoms with Crippen molar-refractivity contribution in [3.63, 3.8) is 0 Å². The zero-order valence-corrected chi connectivity index (χ0v) is 14.4. The molecule has 0 unspecified atom stereocenters. The SMILES string of the molecule is CN1CC[C@@]23CCCC[C@@H]2[C@@H]1Cc1ccc(OC2CCC2)cc13. The normalized spacial score (nSPS) is 36.7. The first-order valence-electron chi connectivity index (χ1n) is 9.77. The lowest BCUT2D eigenvalue weighted by molar-refractivity contribution is 0.00253. The second kappa shape index (κ2) is 5.24. The van der Waals surface area contributed by atoms with Gasteiger partial charge in [0.25, 0.3) is 0 Å². The first kappa shape index (κ1) is 14.3. The quantitative estimate of drug-likeness (QED) is 0.807. The van der Waals surface area contributed by atoms with Crippen LogP contribution in [0.4, 0.5) is 0 Å². The minimum Gasteiger partial charge on any atom is -0.490 e. The molecule has 0 radical (unpaired) electrons. The maximum Gasteiger partial charge on any atom is 0.120 e. The van der Waals surface area contributed by atoms with Gasteiger partial charge in [-0.3, -0.25) is 0 Å². The van der Waals surface area contributed by atoms with Crippen LogP contribution in [0, 0.1) is 5.92 Å². The first-order chi connectivity index (χ1) is 11.3. The molecule has 0 amide bonds. The van der Waals surface area contributed by atoms with E-state index in [9.17, 15) is 0 Å². The van der Waals surface area contributed by atoms with Gasteiger partial charge in [0.1, 0.15) is 5.75 Å². The summed E-state index contributed by atoms with van der Waals surface area (Å²) in [7, 11) is 2.35. The molecule has 5 rings (SSSR count). The first-order valence-corrected chi connectivity index (χ1v) is 9.77. The molecule has 3 fully saturated rings. The van der Waals surface area contributed by atoms with Crippen molar-refractivity contribution >= 4 is 0 Å². The van der Waals surface area contributed by atoms with Gasteiger partial charge in [-0.25, -0.2) is 0 Å². The lowest BCUT2D eigenvalue weighted by Gasteiger charge is -2.58. The van der Waals surface area contributed by atoms with E-state index in [1.165, 1.54) is 64.3 Å². The molecular weight excluding hydrogens is 282 g/mol. The Morgan fingerprint density at radius 2 is 2.00 bits per heavy atom. The van der Waals surface area contributed by atoms with Crippen LogP contribution in [-0.4, -0.2) is 30.6 Å². The third-order valence-electron chi connectivity index (χ3n) is 7.44. The van der Waals surface area contributed by atoms with Gasteiger partial charge in [0.05, 0.1) is 6.10 Å². The number of ether oxygens (including phenoxy) is 1. The molecule has 3 aliphatic carbocycles. The Morgan fingerprint density at radius 1 is 1.09 bits per heavy atom. The van der Waals surface area contributed by atoms with Crippen LogP contribution in [0.15, 0.2) is 18.2 Å². The average molecular weight is 311 g/mol. The summed E-state index contributed by atoms with van der Waals surface area (Å²) in [6.07, 6.45) is 12.6. The van der Waals surface area contributed by atoms with Crippen molar-refractivity contribution in [1.82, 2.24) is 4.90 Å². The fourth-order valence-corrected chi connectivity index (χ4v) is 5.93. The molecule has 1 aromatic carbocycles. The maximum absolute atomic E-state index is 6.24. The third kappa shape index (κ3) is 2.10. The van der Waals surface area contributed by atoms with E-state index < -0.39 is 0 Å². The molecule has 124 valence electrons. The monoisotopic (exact) mass is 311 g/mol. The van der Waals surface area contributed by atoms with Crippen molar-refractivity contribution in [2.45, 2.75) is 75.3 Å². The van der Waals surface area contributed by atoms with Crippen molar-refractivity contribution in [1.29, 1.82) is 0 Å². The number of benzene rings is 1. The molecule has 2 bridgehead atoms. The van der Waals surface area contributed by atoms with Crippen LogP contribution >= 0.6 is 0 Å². The highest BCUT2D eigenvalue weighted by Crippen LogP contribution is 2.56. The number of fused-ring (bicyclic) bond motifs is 1. The maximum atomic E-state index is 6.24. The van der Waals surface area contributed by atoms with Crippen molar-refractivity contribution in [3.05, 3.63) is 29.3 Å².